The van der Waals surface area contributed by atoms with E-state index in [2.05, 4.69) is 0 Å². The number of amides is 3. The van der Waals surface area contributed by atoms with Crippen LogP contribution in [-0.2, 0) is 14.4 Å². The zero-order valence-corrected chi connectivity index (χ0v) is 14.3. The molecule has 8 heteroatoms. The van der Waals surface area contributed by atoms with Gasteiger partial charge in [0.1, 0.15) is 0 Å². The molecule has 0 aromatic carbocycles. The van der Waals surface area contributed by atoms with Gasteiger partial charge in [0, 0.05) is 20.3 Å². The van der Waals surface area contributed by atoms with E-state index >= 15 is 0 Å². The van der Waals surface area contributed by atoms with Gasteiger partial charge in [0.15, 0.2) is 4.32 Å². The molecule has 0 aromatic rings. The zero-order chi connectivity index (χ0) is 16.5. The van der Waals surface area contributed by atoms with Gasteiger partial charge in [-0.15, -0.1) is 0 Å². The summed E-state index contributed by atoms with van der Waals surface area (Å²) in [6.45, 7) is 0. The lowest BCUT2D eigenvalue weighted by atomic mass is 9.85. The molecule has 120 valence electrons. The normalized spacial score (nSPS) is 36.9. The topological polar surface area (TPSA) is 60.9 Å². The smallest absolute Gasteiger partial charge is 0.287 e. The zero-order valence-electron chi connectivity index (χ0n) is 12.6. The molecule has 0 N–H and O–H groups in total. The lowest BCUT2D eigenvalue weighted by Crippen LogP contribution is -2.49. The van der Waals surface area contributed by atoms with E-state index < -0.39 is 5.91 Å². The lowest BCUT2D eigenvalue weighted by Gasteiger charge is -2.25. The predicted molar refractivity (Wildman–Crippen MR) is 88.4 cm³/mol. The Labute approximate surface area is 143 Å². The highest BCUT2D eigenvalue weighted by Gasteiger charge is 2.62. The highest BCUT2D eigenvalue weighted by Crippen LogP contribution is 2.53. The molecule has 2 heterocycles. The number of carbonyl (C=O) groups excluding carboxylic acids is 3. The third kappa shape index (κ3) is 1.94. The Morgan fingerprint density at radius 1 is 1.13 bits per heavy atom. The fraction of sp³-hybridized carbons (Fsp3) is 0.467. The van der Waals surface area contributed by atoms with Gasteiger partial charge in [-0.1, -0.05) is 23.9 Å². The molecule has 4 atom stereocenters. The fourth-order valence-corrected chi connectivity index (χ4v) is 5.25. The Balaban J connectivity index is 1.67. The molecule has 0 aromatic heterocycles. The second-order valence-corrected chi connectivity index (χ2v) is 8.11. The largest absolute Gasteiger partial charge is 0.382 e. The maximum Gasteiger partial charge on any atom is 0.287 e. The minimum Gasteiger partial charge on any atom is -0.382 e. The maximum atomic E-state index is 12.8. The fourth-order valence-electron chi connectivity index (χ4n) is 3.94. The molecule has 4 unspecified atom stereocenters. The van der Waals surface area contributed by atoms with Crippen LogP contribution in [0.2, 0.25) is 0 Å². The molecule has 0 spiro atoms. The Kier molecular flexibility index (Phi) is 3.18. The van der Waals surface area contributed by atoms with Gasteiger partial charge in [0.25, 0.3) is 17.7 Å². The van der Waals surface area contributed by atoms with E-state index in [4.69, 9.17) is 12.2 Å². The molecular weight excluding hydrogens is 334 g/mol. The number of allylic oxidation sites excluding steroid dienone is 2. The molecule has 4 rings (SSSR count). The first-order chi connectivity index (χ1) is 10.9. The van der Waals surface area contributed by atoms with Crippen molar-refractivity contribution in [3.63, 3.8) is 0 Å². The standard InChI is InChI=1S/C15H15N3O3S2/c1-16(2)6-9-12(19)18(15(22)23-9)17-13(20)10-7-3-4-8(5-7)11(10)14(17)21/h3-4,6-8,10-11H,5H2,1-2H3. The van der Waals surface area contributed by atoms with E-state index in [0.717, 1.165) is 28.2 Å². The van der Waals surface area contributed by atoms with Crippen molar-refractivity contribution in [1.82, 2.24) is 14.9 Å². The summed E-state index contributed by atoms with van der Waals surface area (Å²) >= 11 is 6.35. The molecule has 4 aliphatic rings. The highest BCUT2D eigenvalue weighted by atomic mass is 32.2. The third-order valence-corrected chi connectivity index (χ3v) is 6.07. The summed E-state index contributed by atoms with van der Waals surface area (Å²) in [7, 11) is 3.60. The summed E-state index contributed by atoms with van der Waals surface area (Å²) in [6, 6.07) is 0. The van der Waals surface area contributed by atoms with Gasteiger partial charge in [-0.2, -0.15) is 10.0 Å². The molecule has 1 saturated carbocycles. The van der Waals surface area contributed by atoms with Crippen molar-refractivity contribution in [1.29, 1.82) is 0 Å². The van der Waals surface area contributed by atoms with Crippen molar-refractivity contribution >= 4 is 46.0 Å². The van der Waals surface area contributed by atoms with Crippen molar-refractivity contribution in [2.75, 3.05) is 14.1 Å². The first-order valence-electron chi connectivity index (χ1n) is 7.40. The quantitative estimate of drug-likeness (QED) is 0.320. The van der Waals surface area contributed by atoms with Gasteiger partial charge in [0.05, 0.1) is 16.7 Å². The lowest BCUT2D eigenvalue weighted by molar-refractivity contribution is -0.159. The van der Waals surface area contributed by atoms with Crippen molar-refractivity contribution in [3.05, 3.63) is 23.3 Å². The van der Waals surface area contributed by atoms with Crippen molar-refractivity contribution < 1.29 is 14.4 Å². The summed E-state index contributed by atoms with van der Waals surface area (Å²) in [5.41, 5.74) is 0. The summed E-state index contributed by atoms with van der Waals surface area (Å²) in [5, 5.41) is 2.08. The number of rotatable bonds is 2. The van der Waals surface area contributed by atoms with Crippen LogP contribution in [0.4, 0.5) is 0 Å². The molecule has 3 fully saturated rings. The Hall–Kier alpha value is -1.67. The average Bonchev–Trinajstić information content (AvgIpc) is 3.19. The first kappa shape index (κ1) is 14.9. The highest BCUT2D eigenvalue weighted by molar-refractivity contribution is 8.26. The van der Waals surface area contributed by atoms with Gasteiger partial charge >= 0.3 is 0 Å². The van der Waals surface area contributed by atoms with Gasteiger partial charge < -0.3 is 4.90 Å². The molecule has 23 heavy (non-hydrogen) atoms. The van der Waals surface area contributed by atoms with Gasteiger partial charge in [-0.3, -0.25) is 14.4 Å². The number of thioether (sulfide) groups is 1. The number of nitrogens with zero attached hydrogens (tertiary/aromatic N) is 3. The van der Waals surface area contributed by atoms with E-state index in [0.29, 0.717) is 4.91 Å². The maximum absolute atomic E-state index is 12.8. The number of imide groups is 1. The molecule has 2 bridgehead atoms. The number of hydrogen-bond acceptors (Lipinski definition) is 6. The van der Waals surface area contributed by atoms with Crippen LogP contribution in [0.3, 0.4) is 0 Å². The molecule has 2 aliphatic carbocycles. The Morgan fingerprint density at radius 2 is 1.70 bits per heavy atom. The van der Waals surface area contributed by atoms with Crippen molar-refractivity contribution in [2.45, 2.75) is 6.42 Å². The molecule has 3 amide bonds. The van der Waals surface area contributed by atoms with E-state index in [1.54, 1.807) is 25.2 Å². The molecule has 6 nitrogen and oxygen atoms in total. The second kappa shape index (κ2) is 4.91. The summed E-state index contributed by atoms with van der Waals surface area (Å²) in [4.78, 5) is 40.3. The first-order valence-corrected chi connectivity index (χ1v) is 8.63. The van der Waals surface area contributed by atoms with E-state index in [1.807, 2.05) is 12.2 Å². The molecule has 2 saturated heterocycles. The van der Waals surface area contributed by atoms with Crippen LogP contribution >= 0.6 is 24.0 Å². The summed E-state index contributed by atoms with van der Waals surface area (Å²) in [5.74, 6) is -1.43. The van der Waals surface area contributed by atoms with Crippen LogP contribution in [0.5, 0.6) is 0 Å². The van der Waals surface area contributed by atoms with Crippen LogP contribution < -0.4 is 0 Å². The minimum atomic E-state index is -0.407. The van der Waals surface area contributed by atoms with Crippen LogP contribution in [-0.4, -0.2) is 51.1 Å². The monoisotopic (exact) mass is 349 g/mol. The van der Waals surface area contributed by atoms with Gasteiger partial charge in [0.2, 0.25) is 0 Å². The number of thiocarbonyl (C=S) groups is 1. The summed E-state index contributed by atoms with van der Waals surface area (Å²) in [6.07, 6.45) is 6.56. The molecular formula is C15H15N3O3S2. The molecule has 0 radical (unpaired) electrons. The van der Waals surface area contributed by atoms with E-state index in [9.17, 15) is 14.4 Å². The molecule has 2 aliphatic heterocycles. The van der Waals surface area contributed by atoms with Crippen molar-refractivity contribution in [2.24, 2.45) is 23.7 Å². The third-order valence-electron chi connectivity index (χ3n) is 4.80. The van der Waals surface area contributed by atoms with Gasteiger partial charge in [-0.05, 0) is 30.5 Å². The SMILES string of the molecule is CN(C)C=C1SC(=S)N(N2C(=O)C3C4C=CC(C4)C3C2=O)C1=O. The van der Waals surface area contributed by atoms with Gasteiger partial charge in [-0.25, -0.2) is 0 Å². The average molecular weight is 349 g/mol. The predicted octanol–water partition coefficient (Wildman–Crippen LogP) is 0.972. The number of fused-ring (bicyclic) bond motifs is 5. The van der Waals surface area contributed by atoms with E-state index in [-0.39, 0.29) is 39.8 Å². The van der Waals surface area contributed by atoms with Crippen molar-refractivity contribution in [3.8, 4) is 0 Å². The summed E-state index contributed by atoms with van der Waals surface area (Å²) < 4.78 is 0.227. The van der Waals surface area contributed by atoms with Crippen LogP contribution in [0.15, 0.2) is 23.3 Å². The van der Waals surface area contributed by atoms with E-state index in [1.165, 1.54) is 0 Å². The second-order valence-electron chi connectivity index (χ2n) is 6.43. The Bertz CT molecular complexity index is 685. The van der Waals surface area contributed by atoms with Crippen LogP contribution in [0, 0.1) is 23.7 Å². The van der Waals surface area contributed by atoms with Crippen LogP contribution in [0.25, 0.3) is 0 Å². The number of hydrogen-bond donors (Lipinski definition) is 0. The minimum absolute atomic E-state index is 0.113. The number of hydrazine groups is 1. The number of carbonyl (C=O) groups is 3. The Morgan fingerprint density at radius 3 is 2.22 bits per heavy atom. The van der Waals surface area contributed by atoms with Crippen LogP contribution in [0.1, 0.15) is 6.42 Å².